The minimum absolute atomic E-state index is 0.610. The summed E-state index contributed by atoms with van der Waals surface area (Å²) in [7, 11) is 2.69. The Bertz CT molecular complexity index is 191. The predicted molar refractivity (Wildman–Crippen MR) is 53.0 cm³/mol. The zero-order valence-corrected chi connectivity index (χ0v) is 9.99. The third-order valence-electron chi connectivity index (χ3n) is 3.22. The van der Waals surface area contributed by atoms with Crippen molar-refractivity contribution in [2.45, 2.75) is 31.1 Å². The molecule has 0 N–H and O–H groups in total. The van der Waals surface area contributed by atoms with Crippen molar-refractivity contribution in [3.05, 3.63) is 0 Å². The maximum atomic E-state index is 5.34. The summed E-state index contributed by atoms with van der Waals surface area (Å²) in [4.78, 5) is 0. The van der Waals surface area contributed by atoms with Gasteiger partial charge in [-0.2, -0.15) is 0 Å². The van der Waals surface area contributed by atoms with E-state index < -0.39 is 8.80 Å². The molecule has 1 saturated heterocycles. The zero-order valence-electron chi connectivity index (χ0n) is 8.99. The largest absolute Gasteiger partial charge is 0.500 e. The lowest BCUT2D eigenvalue weighted by atomic mass is 10.2. The topological polar surface area (TPSA) is 40.2 Å². The van der Waals surface area contributed by atoms with E-state index >= 15 is 0 Å². The van der Waals surface area contributed by atoms with Gasteiger partial charge in [0.15, 0.2) is 0 Å². The summed E-state index contributed by atoms with van der Waals surface area (Å²) in [5, 5.41) is 0. The van der Waals surface area contributed by atoms with Crippen molar-refractivity contribution in [3.8, 4) is 0 Å². The summed E-state index contributed by atoms with van der Waals surface area (Å²) in [5.74, 6) is 0.826. The standard InChI is InChI=1S/C9H18O4Si/c1-10-14(11-2,12-3)6-4-5-7-8-9(7)13-8/h7-9H,4-6H2,1-3H3. The van der Waals surface area contributed by atoms with Gasteiger partial charge in [-0.1, -0.05) is 0 Å². The number of epoxide rings is 1. The lowest BCUT2D eigenvalue weighted by molar-refractivity contribution is 0.121. The van der Waals surface area contributed by atoms with E-state index in [1.807, 2.05) is 0 Å². The monoisotopic (exact) mass is 218 g/mol. The second-order valence-electron chi connectivity index (χ2n) is 3.92. The Hall–Kier alpha value is 0.0569. The van der Waals surface area contributed by atoms with Crippen LogP contribution in [0.3, 0.4) is 0 Å². The highest BCUT2D eigenvalue weighted by Gasteiger charge is 2.66. The van der Waals surface area contributed by atoms with Crippen LogP contribution in [0.15, 0.2) is 0 Å². The Morgan fingerprint density at radius 3 is 2.00 bits per heavy atom. The van der Waals surface area contributed by atoms with E-state index in [-0.39, 0.29) is 0 Å². The van der Waals surface area contributed by atoms with Crippen molar-refractivity contribution >= 4 is 8.80 Å². The van der Waals surface area contributed by atoms with E-state index in [2.05, 4.69) is 0 Å². The van der Waals surface area contributed by atoms with Gasteiger partial charge >= 0.3 is 8.80 Å². The van der Waals surface area contributed by atoms with Gasteiger partial charge in [-0.3, -0.25) is 0 Å². The molecule has 0 spiro atoms. The van der Waals surface area contributed by atoms with Gasteiger partial charge in [-0.15, -0.1) is 0 Å². The van der Waals surface area contributed by atoms with E-state index in [1.165, 1.54) is 6.42 Å². The highest BCUT2D eigenvalue weighted by Crippen LogP contribution is 2.55. The minimum Gasteiger partial charge on any atom is -0.377 e. The highest BCUT2D eigenvalue weighted by molar-refractivity contribution is 6.60. The van der Waals surface area contributed by atoms with Crippen LogP contribution in [-0.4, -0.2) is 42.3 Å². The molecule has 1 saturated carbocycles. The molecule has 0 aromatic rings. The van der Waals surface area contributed by atoms with Gasteiger partial charge in [0, 0.05) is 33.3 Å². The Labute approximate surface area is 85.9 Å². The predicted octanol–water partition coefficient (Wildman–Crippen LogP) is 1.04. The Morgan fingerprint density at radius 2 is 1.64 bits per heavy atom. The van der Waals surface area contributed by atoms with Crippen molar-refractivity contribution in [3.63, 3.8) is 0 Å². The number of fused-ring (bicyclic) bond motifs is 1. The van der Waals surface area contributed by atoms with Gasteiger partial charge in [-0.05, 0) is 12.8 Å². The van der Waals surface area contributed by atoms with Gasteiger partial charge < -0.3 is 18.0 Å². The van der Waals surface area contributed by atoms with E-state index in [0.29, 0.717) is 12.2 Å². The fourth-order valence-corrected chi connectivity index (χ4v) is 3.75. The molecule has 1 aliphatic heterocycles. The molecule has 82 valence electrons. The van der Waals surface area contributed by atoms with Crippen molar-refractivity contribution < 1.29 is 18.0 Å². The van der Waals surface area contributed by atoms with Crippen LogP contribution in [0.2, 0.25) is 6.04 Å². The van der Waals surface area contributed by atoms with Crippen LogP contribution in [-0.2, 0) is 18.0 Å². The molecule has 4 nitrogen and oxygen atoms in total. The van der Waals surface area contributed by atoms with Crippen molar-refractivity contribution in [1.82, 2.24) is 0 Å². The van der Waals surface area contributed by atoms with E-state index in [9.17, 15) is 0 Å². The van der Waals surface area contributed by atoms with E-state index in [0.717, 1.165) is 18.4 Å². The van der Waals surface area contributed by atoms with Crippen LogP contribution in [0.5, 0.6) is 0 Å². The third-order valence-corrected chi connectivity index (χ3v) is 6.05. The van der Waals surface area contributed by atoms with Crippen LogP contribution in [0.1, 0.15) is 12.8 Å². The van der Waals surface area contributed by atoms with Gasteiger partial charge in [0.1, 0.15) is 0 Å². The Morgan fingerprint density at radius 1 is 1.07 bits per heavy atom. The summed E-state index contributed by atoms with van der Waals surface area (Å²) >= 11 is 0. The van der Waals surface area contributed by atoms with Gasteiger partial charge in [0.2, 0.25) is 0 Å². The lowest BCUT2D eigenvalue weighted by Gasteiger charge is -2.24. The van der Waals surface area contributed by atoms with Crippen molar-refractivity contribution in [1.29, 1.82) is 0 Å². The molecule has 2 atom stereocenters. The second kappa shape index (κ2) is 3.90. The molecule has 5 heteroatoms. The quantitative estimate of drug-likeness (QED) is 0.473. The van der Waals surface area contributed by atoms with Crippen LogP contribution in [0.25, 0.3) is 0 Å². The molecule has 2 rings (SSSR count). The van der Waals surface area contributed by atoms with E-state index in [1.54, 1.807) is 21.3 Å². The highest BCUT2D eigenvalue weighted by atomic mass is 28.4. The first-order valence-electron chi connectivity index (χ1n) is 5.07. The fourth-order valence-electron chi connectivity index (χ4n) is 2.00. The van der Waals surface area contributed by atoms with Crippen LogP contribution in [0, 0.1) is 5.92 Å². The summed E-state index contributed by atoms with van der Waals surface area (Å²) in [6.45, 7) is 0. The molecule has 14 heavy (non-hydrogen) atoms. The van der Waals surface area contributed by atoms with Gasteiger partial charge in [0.25, 0.3) is 0 Å². The summed E-state index contributed by atoms with van der Waals surface area (Å²) in [5.41, 5.74) is 0. The molecule has 2 unspecified atom stereocenters. The summed E-state index contributed by atoms with van der Waals surface area (Å²) < 4.78 is 21.2. The molecule has 1 aliphatic carbocycles. The molecule has 1 heterocycles. The first-order chi connectivity index (χ1) is 6.76. The van der Waals surface area contributed by atoms with Crippen LogP contribution in [0.4, 0.5) is 0 Å². The number of ether oxygens (including phenoxy) is 1. The normalized spacial score (nSPS) is 34.1. The molecular weight excluding hydrogens is 200 g/mol. The summed E-state index contributed by atoms with van der Waals surface area (Å²) in [6, 6.07) is 0.909. The average Bonchev–Trinajstić information content (AvgIpc) is 3.09. The first-order valence-corrected chi connectivity index (χ1v) is 7.00. The van der Waals surface area contributed by atoms with E-state index in [4.69, 9.17) is 18.0 Å². The maximum absolute atomic E-state index is 5.34. The fraction of sp³-hybridized carbons (Fsp3) is 1.00. The molecule has 0 radical (unpaired) electrons. The Balaban J connectivity index is 1.65. The van der Waals surface area contributed by atoms with Crippen LogP contribution >= 0.6 is 0 Å². The smallest absolute Gasteiger partial charge is 0.377 e. The molecule has 0 aromatic carbocycles. The van der Waals surface area contributed by atoms with Crippen molar-refractivity contribution in [2.75, 3.05) is 21.3 Å². The zero-order chi connectivity index (χ0) is 10.2. The lowest BCUT2D eigenvalue weighted by Crippen LogP contribution is -2.42. The number of hydrogen-bond acceptors (Lipinski definition) is 4. The molecule has 0 bridgehead atoms. The summed E-state index contributed by atoms with van der Waals surface area (Å²) in [6.07, 6.45) is 3.56. The number of hydrogen-bond donors (Lipinski definition) is 0. The third kappa shape index (κ3) is 1.87. The SMILES string of the molecule is CO[Si](CCCC1C2OC12)(OC)OC. The second-order valence-corrected chi connectivity index (χ2v) is 7.01. The molecular formula is C9H18O4Si. The average molecular weight is 218 g/mol. The van der Waals surface area contributed by atoms with Gasteiger partial charge in [-0.25, -0.2) is 0 Å². The first kappa shape index (κ1) is 10.6. The minimum atomic E-state index is -2.30. The molecule has 0 amide bonds. The maximum Gasteiger partial charge on any atom is 0.500 e. The molecule has 2 aliphatic rings. The molecule has 0 aromatic heterocycles. The van der Waals surface area contributed by atoms with Crippen molar-refractivity contribution in [2.24, 2.45) is 5.92 Å². The van der Waals surface area contributed by atoms with Gasteiger partial charge in [0.05, 0.1) is 12.2 Å². The molecule has 2 fully saturated rings. The number of rotatable bonds is 7. The van der Waals surface area contributed by atoms with Crippen LogP contribution < -0.4 is 0 Å². The Kier molecular flexibility index (Phi) is 2.95.